The number of fused-ring (bicyclic) bond motifs is 2. The Bertz CT molecular complexity index is 1760. The van der Waals surface area contributed by atoms with Crippen molar-refractivity contribution in [1.29, 1.82) is 0 Å². The number of carbonyl (C=O) groups excluding carboxylic acids is 1. The van der Waals surface area contributed by atoms with Crippen molar-refractivity contribution in [2.45, 2.75) is 26.5 Å². The summed E-state index contributed by atoms with van der Waals surface area (Å²) in [5.41, 5.74) is 1.29. The molecule has 0 aliphatic carbocycles. The van der Waals surface area contributed by atoms with Crippen LogP contribution < -0.4 is 19.5 Å². The largest absolute Gasteiger partial charge is 0.455 e. The van der Waals surface area contributed by atoms with Gasteiger partial charge in [0.2, 0.25) is 0 Å². The quantitative estimate of drug-likeness (QED) is 0.245. The van der Waals surface area contributed by atoms with Crippen molar-refractivity contribution in [2.24, 2.45) is 0 Å². The van der Waals surface area contributed by atoms with Gasteiger partial charge in [0.15, 0.2) is 0 Å². The van der Waals surface area contributed by atoms with Crippen molar-refractivity contribution in [2.75, 3.05) is 10.0 Å². The number of hydrogen-bond acceptors (Lipinski definition) is 7. The molecule has 3 N–H and O–H groups in total. The molecule has 0 saturated carbocycles. The molecule has 9 nitrogen and oxygen atoms in total. The molecule has 0 atom stereocenters. The van der Waals surface area contributed by atoms with Gasteiger partial charge in [-0.15, -0.1) is 0 Å². The van der Waals surface area contributed by atoms with Gasteiger partial charge in [-0.3, -0.25) is 4.72 Å². The maximum atomic E-state index is 13.1. The van der Waals surface area contributed by atoms with Gasteiger partial charge >= 0.3 is 6.03 Å². The summed E-state index contributed by atoms with van der Waals surface area (Å²) in [7, 11) is -8.14. The second-order valence-corrected chi connectivity index (χ2v) is 12.8. The molecule has 4 aromatic carbocycles. The SMILES string of the molecule is Cc1ccc(S(=O)(=O)NC(=O)Nc2cccc(S(=O)(=O)Nc3ccc4c(c3)Sc3ccccc3O4)c2)cc1. The summed E-state index contributed by atoms with van der Waals surface area (Å²) in [5.74, 6) is 1.35. The third-order valence-electron chi connectivity index (χ3n) is 5.45. The van der Waals surface area contributed by atoms with Gasteiger partial charge in [-0.2, -0.15) is 0 Å². The zero-order chi connectivity index (χ0) is 26.9. The summed E-state index contributed by atoms with van der Waals surface area (Å²) >= 11 is 1.47. The van der Waals surface area contributed by atoms with E-state index in [1.807, 2.05) is 35.9 Å². The van der Waals surface area contributed by atoms with E-state index in [-0.39, 0.29) is 15.5 Å². The number of carbonyl (C=O) groups is 1. The van der Waals surface area contributed by atoms with Crippen LogP contribution in [0.15, 0.2) is 111 Å². The third kappa shape index (κ3) is 5.62. The summed E-state index contributed by atoms with van der Waals surface area (Å²) in [6, 6.07) is 22.9. The average molecular weight is 568 g/mol. The lowest BCUT2D eigenvalue weighted by molar-refractivity contribution is 0.256. The van der Waals surface area contributed by atoms with E-state index in [2.05, 4.69) is 10.0 Å². The number of urea groups is 1. The zero-order valence-corrected chi connectivity index (χ0v) is 22.3. The minimum absolute atomic E-state index is 0.0733. The summed E-state index contributed by atoms with van der Waals surface area (Å²) in [6.07, 6.45) is 0. The molecule has 0 unspecified atom stereocenters. The molecule has 2 amide bonds. The highest BCUT2D eigenvalue weighted by atomic mass is 32.2. The number of ether oxygens (including phenoxy) is 1. The fraction of sp³-hybridized carbons (Fsp3) is 0.0385. The van der Waals surface area contributed by atoms with Gasteiger partial charge < -0.3 is 10.1 Å². The lowest BCUT2D eigenvalue weighted by Gasteiger charge is -2.20. The molecule has 194 valence electrons. The first-order valence-corrected chi connectivity index (χ1v) is 15.0. The predicted octanol–water partition coefficient (Wildman–Crippen LogP) is 5.56. The molecular formula is C26H21N3O6S3. The fourth-order valence-corrected chi connectivity index (χ4v) is 6.59. The van der Waals surface area contributed by atoms with Crippen molar-refractivity contribution < 1.29 is 26.4 Å². The second-order valence-electron chi connectivity index (χ2n) is 8.32. The van der Waals surface area contributed by atoms with Crippen molar-refractivity contribution >= 4 is 49.2 Å². The van der Waals surface area contributed by atoms with Gasteiger partial charge in [0.1, 0.15) is 11.5 Å². The molecule has 1 heterocycles. The second kappa shape index (κ2) is 10.0. The first-order valence-electron chi connectivity index (χ1n) is 11.2. The minimum atomic E-state index is -4.11. The van der Waals surface area contributed by atoms with Crippen LogP contribution in [0.25, 0.3) is 0 Å². The van der Waals surface area contributed by atoms with E-state index in [0.29, 0.717) is 11.4 Å². The molecule has 0 fully saturated rings. The van der Waals surface area contributed by atoms with Crippen molar-refractivity contribution in [3.05, 3.63) is 96.6 Å². The van der Waals surface area contributed by atoms with E-state index < -0.39 is 26.1 Å². The molecule has 4 aromatic rings. The topological polar surface area (TPSA) is 131 Å². The molecule has 12 heteroatoms. The van der Waals surface area contributed by atoms with Crippen LogP contribution in [0, 0.1) is 6.92 Å². The molecular weight excluding hydrogens is 547 g/mol. The maximum Gasteiger partial charge on any atom is 0.333 e. The number of nitrogens with one attached hydrogen (secondary N) is 3. The maximum absolute atomic E-state index is 13.1. The normalized spacial score (nSPS) is 12.4. The Morgan fingerprint density at radius 3 is 2.24 bits per heavy atom. The summed E-state index contributed by atoms with van der Waals surface area (Å²) in [4.78, 5) is 13.8. The Labute approximate surface area is 224 Å². The van der Waals surface area contributed by atoms with Crippen LogP contribution >= 0.6 is 11.8 Å². The molecule has 0 aromatic heterocycles. The molecule has 5 rings (SSSR count). The number of sulfonamides is 2. The van der Waals surface area contributed by atoms with Crippen LogP contribution in [0.4, 0.5) is 16.2 Å². The summed E-state index contributed by atoms with van der Waals surface area (Å²) in [6.45, 7) is 1.81. The average Bonchev–Trinajstić information content (AvgIpc) is 2.87. The molecule has 38 heavy (non-hydrogen) atoms. The number of aryl methyl sites for hydroxylation is 1. The lowest BCUT2D eigenvalue weighted by atomic mass is 10.2. The number of anilines is 2. The first kappa shape index (κ1) is 25.6. The van der Waals surface area contributed by atoms with Crippen molar-refractivity contribution in [3.63, 3.8) is 0 Å². The molecule has 0 bridgehead atoms. The highest BCUT2D eigenvalue weighted by Crippen LogP contribution is 2.47. The van der Waals surface area contributed by atoms with Crippen LogP contribution in [0.2, 0.25) is 0 Å². The van der Waals surface area contributed by atoms with E-state index in [0.717, 1.165) is 21.1 Å². The molecule has 1 aliphatic rings. The number of rotatable bonds is 6. The van der Waals surface area contributed by atoms with Gasteiger partial charge in [-0.25, -0.2) is 26.4 Å². The van der Waals surface area contributed by atoms with Crippen LogP contribution in [-0.4, -0.2) is 22.9 Å². The van der Waals surface area contributed by atoms with Crippen LogP contribution in [-0.2, 0) is 20.0 Å². The molecule has 0 saturated heterocycles. The van der Waals surface area contributed by atoms with Gasteiger partial charge in [0, 0.05) is 5.69 Å². The van der Waals surface area contributed by atoms with Crippen LogP contribution in [0.3, 0.4) is 0 Å². The number of benzene rings is 4. The Balaban J connectivity index is 1.29. The van der Waals surface area contributed by atoms with Gasteiger partial charge in [-0.05, 0) is 67.6 Å². The predicted molar refractivity (Wildman–Crippen MR) is 145 cm³/mol. The number of amides is 2. The van der Waals surface area contributed by atoms with Crippen LogP contribution in [0.1, 0.15) is 5.56 Å². The summed E-state index contributed by atoms with van der Waals surface area (Å²) in [5, 5.41) is 2.36. The van der Waals surface area contributed by atoms with Gasteiger partial charge in [0.05, 0.1) is 25.3 Å². The minimum Gasteiger partial charge on any atom is -0.455 e. The molecule has 0 radical (unpaired) electrons. The Hall–Kier alpha value is -4.00. The Kier molecular flexibility index (Phi) is 6.78. The highest BCUT2D eigenvalue weighted by molar-refractivity contribution is 7.99. The van der Waals surface area contributed by atoms with Crippen molar-refractivity contribution in [3.8, 4) is 11.5 Å². The third-order valence-corrected chi connectivity index (χ3v) is 9.27. The molecule has 0 spiro atoms. The standard InChI is InChI=1S/C26H21N3O6S3/c1-17-9-12-20(13-10-17)37(31,32)29-26(30)27-18-5-4-6-21(15-18)38(33,34)28-19-11-14-23-25(16-19)36-24-8-3-2-7-22(24)35-23/h2-16,28H,1H3,(H2,27,29,30). The number of hydrogen-bond donors (Lipinski definition) is 3. The summed E-state index contributed by atoms with van der Waals surface area (Å²) < 4.78 is 61.4. The molecule has 1 aliphatic heterocycles. The lowest BCUT2D eigenvalue weighted by Crippen LogP contribution is -2.34. The van der Waals surface area contributed by atoms with Gasteiger partial charge in [-0.1, -0.05) is 47.7 Å². The number of para-hydroxylation sites is 1. The Morgan fingerprint density at radius 2 is 1.45 bits per heavy atom. The van der Waals surface area contributed by atoms with E-state index in [1.165, 1.54) is 48.2 Å². The Morgan fingerprint density at radius 1 is 0.711 bits per heavy atom. The van der Waals surface area contributed by atoms with E-state index in [9.17, 15) is 21.6 Å². The zero-order valence-electron chi connectivity index (χ0n) is 19.8. The van der Waals surface area contributed by atoms with E-state index in [4.69, 9.17) is 4.74 Å². The monoisotopic (exact) mass is 567 g/mol. The van der Waals surface area contributed by atoms with Crippen LogP contribution in [0.5, 0.6) is 11.5 Å². The van der Waals surface area contributed by atoms with E-state index >= 15 is 0 Å². The van der Waals surface area contributed by atoms with E-state index in [1.54, 1.807) is 30.3 Å². The van der Waals surface area contributed by atoms with Crippen molar-refractivity contribution in [1.82, 2.24) is 4.72 Å². The first-order chi connectivity index (χ1) is 18.1. The smallest absolute Gasteiger partial charge is 0.333 e. The van der Waals surface area contributed by atoms with Gasteiger partial charge in [0.25, 0.3) is 20.0 Å². The fourth-order valence-electron chi connectivity index (χ4n) is 3.60. The highest BCUT2D eigenvalue weighted by Gasteiger charge is 2.21.